The van der Waals surface area contributed by atoms with Crippen LogP contribution in [0, 0.1) is 15.9 Å². The number of nitro groups is 1. The first-order valence-electron chi connectivity index (χ1n) is 11.3. The number of non-ortho nitro benzene ring substituents is 1. The summed E-state index contributed by atoms with van der Waals surface area (Å²) < 4.78 is 39.8. The number of aromatic nitrogens is 1. The summed E-state index contributed by atoms with van der Waals surface area (Å²) in [7, 11) is -4.20. The van der Waals surface area contributed by atoms with Gasteiger partial charge in [0.1, 0.15) is 10.0 Å². The molecule has 0 spiro atoms. The van der Waals surface area contributed by atoms with Crippen molar-refractivity contribution in [2.45, 2.75) is 15.1 Å². The van der Waals surface area contributed by atoms with E-state index in [0.717, 1.165) is 47.5 Å². The highest BCUT2D eigenvalue weighted by Gasteiger charge is 2.46. The fourth-order valence-electron chi connectivity index (χ4n) is 4.10. The number of nitro benzene ring substituents is 1. The Kier molecular flexibility index (Phi) is 6.96. The Hall–Kier alpha value is -4.46. The Morgan fingerprint density at radius 3 is 2.27 bits per heavy atom. The molecule has 202 valence electrons. The Labute approximate surface area is 234 Å². The van der Waals surface area contributed by atoms with E-state index in [2.05, 4.69) is 4.98 Å². The smallest absolute Gasteiger partial charge is 0.296 e. The third-order valence-corrected chi connectivity index (χ3v) is 9.53. The van der Waals surface area contributed by atoms with E-state index < -0.39 is 44.1 Å². The normalized spacial score (nSPS) is 15.5. The number of sulfone groups is 1. The van der Waals surface area contributed by atoms with Crippen molar-refractivity contribution in [1.82, 2.24) is 4.98 Å². The van der Waals surface area contributed by atoms with Crippen LogP contribution in [-0.4, -0.2) is 35.1 Å². The van der Waals surface area contributed by atoms with Gasteiger partial charge in [0.05, 0.1) is 27.6 Å². The standard InChI is InChI=1S/C26H15ClFN3O7S2/c27-16-5-1-15(2-6-16)23(32)21-22(14-3-7-17(28)8-4-14)30(25(34)24(21)33)26-29-13-20(39-26)40(37,38)19-11-9-18(10-12-19)31(35)36/h1-13,22,33H. The summed E-state index contributed by atoms with van der Waals surface area (Å²) in [4.78, 5) is 41.9. The van der Waals surface area contributed by atoms with Gasteiger partial charge in [-0.25, -0.2) is 17.8 Å². The predicted molar refractivity (Wildman–Crippen MR) is 143 cm³/mol. The minimum absolute atomic E-state index is 0.119. The molecular formula is C26H15ClFN3O7S2. The first kappa shape index (κ1) is 27.1. The van der Waals surface area contributed by atoms with Gasteiger partial charge in [-0.3, -0.25) is 24.6 Å². The quantitative estimate of drug-likeness (QED) is 0.167. The Morgan fingerprint density at radius 2 is 1.68 bits per heavy atom. The number of anilines is 1. The van der Waals surface area contributed by atoms with Crippen LogP contribution in [0.15, 0.2) is 99.4 Å². The van der Waals surface area contributed by atoms with Crippen molar-refractivity contribution in [2.75, 3.05) is 4.90 Å². The first-order valence-corrected chi connectivity index (χ1v) is 13.9. The predicted octanol–water partition coefficient (Wildman–Crippen LogP) is 5.46. The fraction of sp³-hybridized carbons (Fsp3) is 0.0385. The van der Waals surface area contributed by atoms with E-state index in [-0.39, 0.29) is 36.6 Å². The lowest BCUT2D eigenvalue weighted by molar-refractivity contribution is -0.384. The summed E-state index contributed by atoms with van der Waals surface area (Å²) in [5.74, 6) is -3.16. The van der Waals surface area contributed by atoms with Gasteiger partial charge < -0.3 is 5.11 Å². The molecule has 0 saturated heterocycles. The second-order valence-electron chi connectivity index (χ2n) is 8.44. The Bertz CT molecular complexity index is 1800. The second kappa shape index (κ2) is 10.3. The maximum absolute atomic E-state index is 13.7. The van der Waals surface area contributed by atoms with Crippen LogP contribution >= 0.6 is 22.9 Å². The fourth-order valence-corrected chi connectivity index (χ4v) is 6.77. The molecule has 1 aliphatic heterocycles. The maximum atomic E-state index is 13.7. The second-order valence-corrected chi connectivity index (χ2v) is 12.1. The summed E-state index contributed by atoms with van der Waals surface area (Å²) in [6.45, 7) is 0. The zero-order chi connectivity index (χ0) is 28.8. The third kappa shape index (κ3) is 4.74. The van der Waals surface area contributed by atoms with Crippen molar-refractivity contribution in [3.8, 4) is 0 Å². The lowest BCUT2D eigenvalue weighted by Crippen LogP contribution is -2.31. The minimum atomic E-state index is -4.20. The lowest BCUT2D eigenvalue weighted by atomic mass is 9.93. The number of carbonyl (C=O) groups is 2. The number of hydrogen-bond donors (Lipinski definition) is 1. The maximum Gasteiger partial charge on any atom is 0.296 e. The molecule has 1 amide bonds. The Balaban J connectivity index is 1.58. The van der Waals surface area contributed by atoms with Gasteiger partial charge >= 0.3 is 0 Å². The molecule has 1 N–H and O–H groups in total. The number of benzene rings is 3. The molecule has 3 aromatic carbocycles. The number of ketones is 1. The molecule has 0 aliphatic carbocycles. The van der Waals surface area contributed by atoms with Crippen LogP contribution in [-0.2, 0) is 14.6 Å². The third-order valence-electron chi connectivity index (χ3n) is 6.05. The first-order chi connectivity index (χ1) is 19.0. The number of amides is 1. The van der Waals surface area contributed by atoms with E-state index in [1.54, 1.807) is 0 Å². The zero-order valence-electron chi connectivity index (χ0n) is 19.9. The minimum Gasteiger partial charge on any atom is -0.503 e. The van der Waals surface area contributed by atoms with Crippen LogP contribution in [0.5, 0.6) is 0 Å². The molecule has 2 heterocycles. The molecule has 0 saturated carbocycles. The number of rotatable bonds is 7. The number of thiazole rings is 1. The topological polar surface area (TPSA) is 148 Å². The van der Waals surface area contributed by atoms with Crippen molar-refractivity contribution >= 4 is 55.3 Å². The van der Waals surface area contributed by atoms with Gasteiger partial charge in [-0.05, 0) is 54.1 Å². The van der Waals surface area contributed by atoms with Gasteiger partial charge in [0, 0.05) is 22.7 Å². The highest BCUT2D eigenvalue weighted by atomic mass is 35.5. The van der Waals surface area contributed by atoms with E-state index >= 15 is 0 Å². The van der Waals surface area contributed by atoms with Crippen LogP contribution in [0.25, 0.3) is 0 Å². The molecular weight excluding hydrogens is 585 g/mol. The largest absolute Gasteiger partial charge is 0.503 e. The lowest BCUT2D eigenvalue weighted by Gasteiger charge is -2.24. The van der Waals surface area contributed by atoms with Gasteiger partial charge in [0.15, 0.2) is 16.7 Å². The number of nitrogens with zero attached hydrogens (tertiary/aromatic N) is 3. The number of Topliss-reactive ketones (excluding diaryl/α,β-unsaturated/α-hetero) is 1. The summed E-state index contributed by atoms with van der Waals surface area (Å²) in [6, 6.07) is 13.6. The van der Waals surface area contributed by atoms with Gasteiger partial charge in [0.25, 0.3) is 11.6 Å². The van der Waals surface area contributed by atoms with Crippen LogP contribution in [0.2, 0.25) is 5.02 Å². The molecule has 0 bridgehead atoms. The molecule has 1 unspecified atom stereocenters. The van der Waals surface area contributed by atoms with E-state index in [0.29, 0.717) is 16.4 Å². The van der Waals surface area contributed by atoms with Crippen molar-refractivity contribution in [2.24, 2.45) is 0 Å². The van der Waals surface area contributed by atoms with E-state index in [9.17, 15) is 37.6 Å². The molecule has 0 fully saturated rings. The molecule has 5 rings (SSSR count). The van der Waals surface area contributed by atoms with Gasteiger partial charge in [-0.1, -0.05) is 35.1 Å². The molecule has 0 radical (unpaired) electrons. The molecule has 4 aromatic rings. The zero-order valence-corrected chi connectivity index (χ0v) is 22.3. The summed E-state index contributed by atoms with van der Waals surface area (Å²) in [6.07, 6.45) is 1.00. The van der Waals surface area contributed by atoms with Crippen molar-refractivity contribution in [1.29, 1.82) is 0 Å². The number of carbonyl (C=O) groups excluding carboxylic acids is 2. The van der Waals surface area contributed by atoms with Gasteiger partial charge in [-0.2, -0.15) is 0 Å². The van der Waals surface area contributed by atoms with Gasteiger partial charge in [-0.15, -0.1) is 0 Å². The number of aliphatic hydroxyl groups is 1. The number of halogens is 2. The molecule has 1 atom stereocenters. The average molecular weight is 600 g/mol. The highest BCUT2D eigenvalue weighted by molar-refractivity contribution is 7.93. The number of hydrogen-bond acceptors (Lipinski definition) is 9. The van der Waals surface area contributed by atoms with E-state index in [1.165, 1.54) is 36.4 Å². The van der Waals surface area contributed by atoms with Crippen molar-refractivity contribution in [3.63, 3.8) is 0 Å². The van der Waals surface area contributed by atoms with E-state index in [4.69, 9.17) is 11.6 Å². The van der Waals surface area contributed by atoms with Crippen molar-refractivity contribution in [3.05, 3.63) is 122 Å². The van der Waals surface area contributed by atoms with Crippen LogP contribution in [0.4, 0.5) is 15.2 Å². The highest BCUT2D eigenvalue weighted by Crippen LogP contribution is 2.44. The van der Waals surface area contributed by atoms with Crippen LogP contribution in [0.3, 0.4) is 0 Å². The SMILES string of the molecule is O=C(C1=C(O)C(=O)N(c2ncc(S(=O)(=O)c3ccc([N+](=O)[O-])cc3)s2)C1c1ccc(F)cc1)c1ccc(Cl)cc1. The monoisotopic (exact) mass is 599 g/mol. The van der Waals surface area contributed by atoms with Crippen LogP contribution < -0.4 is 4.90 Å². The van der Waals surface area contributed by atoms with Gasteiger partial charge in [0.2, 0.25) is 9.84 Å². The summed E-state index contributed by atoms with van der Waals surface area (Å²) in [5.41, 5.74) is -0.235. The van der Waals surface area contributed by atoms with Crippen LogP contribution in [0.1, 0.15) is 22.0 Å². The molecule has 1 aliphatic rings. The average Bonchev–Trinajstić information content (AvgIpc) is 3.53. The summed E-state index contributed by atoms with van der Waals surface area (Å²) in [5, 5.41) is 22.0. The number of aliphatic hydroxyl groups excluding tert-OH is 1. The molecule has 10 nitrogen and oxygen atoms in total. The summed E-state index contributed by atoms with van der Waals surface area (Å²) >= 11 is 6.51. The molecule has 1 aromatic heterocycles. The Morgan fingerprint density at radius 1 is 1.05 bits per heavy atom. The molecule has 40 heavy (non-hydrogen) atoms. The van der Waals surface area contributed by atoms with Crippen molar-refractivity contribution < 1.29 is 32.4 Å². The van der Waals surface area contributed by atoms with E-state index in [1.807, 2.05) is 0 Å². The molecule has 14 heteroatoms.